The van der Waals surface area contributed by atoms with E-state index in [2.05, 4.69) is 208 Å². The average Bonchev–Trinajstić information content (AvgIpc) is 1.77. The third-order valence-electron chi connectivity index (χ3n) is 18.8. The number of amides is 2. The molecule has 5 aromatic rings. The van der Waals surface area contributed by atoms with Crippen molar-refractivity contribution in [2.45, 2.75) is 216 Å². The zero-order valence-electron chi connectivity index (χ0n) is 54.2. The van der Waals surface area contributed by atoms with Crippen molar-refractivity contribution in [3.8, 4) is 4.98 Å². The minimum absolute atomic E-state index is 0. The molecule has 0 saturated carbocycles. The molecule has 0 aromatic heterocycles. The Hall–Kier alpha value is -3.83. The zero-order valence-corrected chi connectivity index (χ0v) is 64.0. The number of aryl methyl sites for hydroxylation is 6. The molecule has 3 heterocycles. The van der Waals surface area contributed by atoms with Gasteiger partial charge in [0.25, 0.3) is 6.02 Å². The molecule has 5 unspecified atom stereocenters. The number of fused-ring (bicyclic) bond motifs is 5. The van der Waals surface area contributed by atoms with E-state index in [1.54, 1.807) is 4.98 Å². The molecule has 2 amide bonds. The molecule has 2 fully saturated rings. The zero-order chi connectivity index (χ0) is 66.1. The minimum atomic E-state index is -0.868. The Morgan fingerprint density at radius 2 is 1.00 bits per heavy atom. The summed E-state index contributed by atoms with van der Waals surface area (Å²) in [4.78, 5) is 64.7. The smallest absolute Gasteiger partial charge is 1.00 e. The summed E-state index contributed by atoms with van der Waals surface area (Å²) < 4.78 is 17.4. The number of amidine groups is 1. The largest absolute Gasteiger partial charge is 1.00 e. The first-order chi connectivity index (χ1) is 42.6. The number of rotatable bonds is 2. The van der Waals surface area contributed by atoms with Gasteiger partial charge >= 0.3 is 60.3 Å². The Morgan fingerprint density at radius 1 is 0.633 bits per heavy atom. The number of benzene rings is 5. The van der Waals surface area contributed by atoms with Gasteiger partial charge in [0.05, 0.1) is 26.6 Å². The van der Waals surface area contributed by atoms with Gasteiger partial charge in [-0.15, -0.1) is 0 Å². The van der Waals surface area contributed by atoms with Crippen molar-refractivity contribution in [1.82, 2.24) is 10.6 Å². The topological polar surface area (TPSA) is 275 Å². The number of ether oxygens (including phenoxy) is 2. The number of carbonyl (C=O) groups is 5. The summed E-state index contributed by atoms with van der Waals surface area (Å²) in [5.41, 5.74) is 34.5. The van der Waals surface area contributed by atoms with Crippen molar-refractivity contribution in [3.05, 3.63) is 168 Å². The second kappa shape index (κ2) is 41.5. The summed E-state index contributed by atoms with van der Waals surface area (Å²) in [6.07, 6.45) is 12.2. The van der Waals surface area contributed by atoms with Crippen LogP contribution in [0.1, 0.15) is 174 Å². The predicted molar refractivity (Wildman–Crippen MR) is 420 cm³/mol. The number of Topliss-reactive ketones (excluding diaryl/α,β-unsaturated/α-hetero) is 2. The molecule has 25 heteroatoms. The van der Waals surface area contributed by atoms with Crippen LogP contribution in [-0.4, -0.2) is 105 Å². The molecule has 8 aliphatic rings. The van der Waals surface area contributed by atoms with Crippen molar-refractivity contribution >= 4 is 144 Å². The molecule has 5 aliphatic carbocycles. The fourth-order valence-corrected chi connectivity index (χ4v) is 15.8. The van der Waals surface area contributed by atoms with Gasteiger partial charge in [0.1, 0.15) is 33.7 Å². The monoisotopic (exact) mass is 1690 g/mol. The molecule has 13 rings (SSSR count). The maximum atomic E-state index is 12.1. The first kappa shape index (κ1) is 96.2. The SMILES string of the molecule is C.C.C.C.C.C.COC(=O)C1(N)CCc2c(Br)ccc(C)c2C1.Cc1ccc(Br)c2c1CC(N)(CO)CC2.Cc1ccc(Br)c2c1CC1(CC2)COC(N)=N1.Cc1ccc(Br)c2c1CC1(CC2)NC(=O)CC1=O.Cc1cccc2c1CC1(CC2)NC(=O)CC1=O.N#CBr.[B].[B]=NS.[H-].[Na+]. The number of esters is 1. The van der Waals surface area contributed by atoms with E-state index in [4.69, 9.17) is 31.9 Å². The van der Waals surface area contributed by atoms with Crippen molar-refractivity contribution in [1.29, 1.82) is 5.26 Å². The van der Waals surface area contributed by atoms with Crippen LogP contribution in [0.2, 0.25) is 0 Å². The number of thiol groups is 1. The number of aliphatic imine (C=N–C) groups is 1. The van der Waals surface area contributed by atoms with Crippen LogP contribution < -0.4 is 57.4 Å². The summed E-state index contributed by atoms with van der Waals surface area (Å²) in [6.45, 7) is 11.1. The number of carbonyl (C=O) groups excluding carboxylic acids is 5. The number of hydrogen-bond donors (Lipinski definition) is 7. The molecule has 3 aliphatic heterocycles. The van der Waals surface area contributed by atoms with Crippen LogP contribution in [0.5, 0.6) is 0 Å². The number of halogens is 5. The predicted octanol–water partition coefficient (Wildman–Crippen LogP) is 11.4. The molecule has 0 bridgehead atoms. The Balaban J connectivity index is -0.00000112. The number of ketones is 2. The molecule has 16 nitrogen and oxygen atoms in total. The number of nitrogens with two attached hydrogens (primary N) is 3. The van der Waals surface area contributed by atoms with Gasteiger partial charge in [0.15, 0.2) is 11.6 Å². The molecular weight excluding hydrogens is 1590 g/mol. The van der Waals surface area contributed by atoms with Crippen molar-refractivity contribution < 1.29 is 69.5 Å². The molecule has 530 valence electrons. The summed E-state index contributed by atoms with van der Waals surface area (Å²) in [5.74, 6) is -0.445. The van der Waals surface area contributed by atoms with E-state index in [0.29, 0.717) is 44.7 Å². The Morgan fingerprint density at radius 3 is 1.40 bits per heavy atom. The number of methoxy groups -OCH3 is 1. The summed E-state index contributed by atoms with van der Waals surface area (Å²) in [6, 6.07) is 23.3. The molecule has 5 aromatic carbocycles. The van der Waals surface area contributed by atoms with Gasteiger partial charge < -0.3 is 43.8 Å². The van der Waals surface area contributed by atoms with Crippen LogP contribution in [0.25, 0.3) is 0 Å². The van der Waals surface area contributed by atoms with Crippen LogP contribution in [0.3, 0.4) is 0 Å². The van der Waals surface area contributed by atoms with E-state index in [1.807, 2.05) is 13.0 Å². The maximum absolute atomic E-state index is 12.1. The van der Waals surface area contributed by atoms with E-state index in [0.717, 1.165) is 73.2 Å². The van der Waals surface area contributed by atoms with Crippen molar-refractivity contribution in [3.63, 3.8) is 0 Å². The van der Waals surface area contributed by atoms with Gasteiger partial charge in [-0.3, -0.25) is 24.0 Å². The van der Waals surface area contributed by atoms with Crippen LogP contribution in [0.4, 0.5) is 0 Å². The Bertz CT molecular complexity index is 3720. The van der Waals surface area contributed by atoms with Gasteiger partial charge in [-0.05, 0) is 213 Å². The summed E-state index contributed by atoms with van der Waals surface area (Å²) in [5, 5.41) is 22.3. The number of nitrogens with zero attached hydrogens (tertiary/aromatic N) is 3. The Kier molecular flexibility index (Phi) is 40.7. The fourth-order valence-electron chi connectivity index (χ4n) is 13.6. The van der Waals surface area contributed by atoms with Crippen LogP contribution in [0, 0.1) is 44.9 Å². The van der Waals surface area contributed by atoms with Crippen LogP contribution >= 0.6 is 92.5 Å². The first-order valence-electron chi connectivity index (χ1n) is 29.7. The molecular formula is C73H102B2Br5N8NaO8S. The number of nitrogens with one attached hydrogen (secondary N) is 2. The van der Waals surface area contributed by atoms with E-state index in [9.17, 15) is 29.1 Å². The van der Waals surface area contributed by atoms with Crippen LogP contribution in [-0.2, 0) is 97.7 Å². The molecule has 9 N–H and O–H groups in total. The molecule has 4 radical (unpaired) electrons. The first-order valence-corrected chi connectivity index (χ1v) is 34.1. The average molecular weight is 1700 g/mol. The van der Waals surface area contributed by atoms with E-state index < -0.39 is 22.2 Å². The molecule has 98 heavy (non-hydrogen) atoms. The quantitative estimate of drug-likeness (QED) is 0.0376. The van der Waals surface area contributed by atoms with Crippen LogP contribution in [0.15, 0.2) is 93.9 Å². The van der Waals surface area contributed by atoms with Gasteiger partial charge in [0, 0.05) is 73.5 Å². The fraction of sp³-hybridized carbons (Fsp3) is 0.493. The minimum Gasteiger partial charge on any atom is -1.00 e. The Labute approximate surface area is 659 Å². The number of aliphatic hydroxyl groups excluding tert-OH is 1. The maximum Gasteiger partial charge on any atom is 1.00 e. The van der Waals surface area contributed by atoms with Crippen molar-refractivity contribution in [2.75, 3.05) is 20.3 Å². The summed E-state index contributed by atoms with van der Waals surface area (Å²) >= 11 is 20.0. The molecule has 3 spiro atoms. The normalized spacial score (nSPS) is 22.2. The van der Waals surface area contributed by atoms with Gasteiger partial charge in [-0.2, -0.15) is 5.26 Å². The van der Waals surface area contributed by atoms with Gasteiger partial charge in [-0.25, -0.2) is 4.99 Å². The number of aliphatic hydroxyl groups is 1. The van der Waals surface area contributed by atoms with E-state index in [1.165, 1.54) is 99.5 Å². The van der Waals surface area contributed by atoms with Gasteiger partial charge in [0.2, 0.25) is 11.8 Å². The van der Waals surface area contributed by atoms with Gasteiger partial charge in [-0.1, -0.05) is 151 Å². The number of hydrogen-bond acceptors (Lipinski definition) is 15. The molecule has 5 atom stereocenters. The van der Waals surface area contributed by atoms with E-state index in [-0.39, 0.29) is 138 Å². The standard InChI is InChI=1S/C14H14BrNO2.C14H15NO2.C13H15BrN2O.C13H16BrNO2.C12H16BrNO.CBrN.6CH4.BHNS.B.Na.H/c1-8-2-3-11(15)9-4-5-14(7-10(8)9)12(17)6-13(18)16-14;1-9-3-2-4-10-5-6-14(8-11(9)10)12(16)7-13(17)15-14;1-8-2-3-11(14)9-4-5-13(6-10(8)9)7-17-12(15)16-13;1-8-3-4-11(14)9-5-6-13(15,7-10(8)9)12(16)17-2;1-8-2-3-11(13)9-4-5-12(14,7-15)6-10(8)9;2-1-3;;;;;;;1-2-3;;;/h2-3H,4-7H2,1H3,(H,16,18);2-4H,5-8H2,1H3,(H,15,17);2-3H,4-7H2,1H3,(H2,15,16);3-4H,5-7,15H2,1-2H3;2-3,15H,4-7,14H2,1H3;;6*1H4;3H;;;/q;;;;;;;;;;;;;;+1;-1. The number of nitriles is 1. The van der Waals surface area contributed by atoms with Crippen molar-refractivity contribution in [2.24, 2.45) is 26.5 Å². The second-order valence-corrected chi connectivity index (χ2v) is 28.7. The third kappa shape index (κ3) is 22.3. The molecule has 2 saturated heterocycles. The summed E-state index contributed by atoms with van der Waals surface area (Å²) in [7, 11) is 5.73. The third-order valence-corrected chi connectivity index (χ3v) is 21.8. The van der Waals surface area contributed by atoms with E-state index >= 15 is 0 Å². The second-order valence-electron chi connectivity index (χ2n) is 24.7.